The Hall–Kier alpha value is -2.23. The van der Waals surface area contributed by atoms with Crippen LogP contribution in [0.4, 0.5) is 5.88 Å². The lowest BCUT2D eigenvalue weighted by molar-refractivity contribution is 0.436. The van der Waals surface area contributed by atoms with Crippen LogP contribution in [0.15, 0.2) is 28.9 Å². The SMILES string of the molecule is Cc1c(C)n(C)c2cc(-c3cnoc3N)ccc12. The third-order valence-electron chi connectivity index (χ3n) is 3.72. The van der Waals surface area contributed by atoms with Crippen LogP contribution in [-0.2, 0) is 7.05 Å². The fourth-order valence-electron chi connectivity index (χ4n) is 2.39. The minimum atomic E-state index is 0.358. The highest BCUT2D eigenvalue weighted by molar-refractivity contribution is 5.90. The van der Waals surface area contributed by atoms with E-state index in [1.54, 1.807) is 6.20 Å². The summed E-state index contributed by atoms with van der Waals surface area (Å²) >= 11 is 0. The Labute approximate surface area is 105 Å². The molecule has 4 nitrogen and oxygen atoms in total. The first-order valence-electron chi connectivity index (χ1n) is 5.85. The molecule has 0 saturated carbocycles. The topological polar surface area (TPSA) is 57.0 Å². The fraction of sp³-hybridized carbons (Fsp3) is 0.214. The lowest BCUT2D eigenvalue weighted by Crippen LogP contribution is -1.90. The van der Waals surface area contributed by atoms with Crippen LogP contribution in [0.1, 0.15) is 11.3 Å². The smallest absolute Gasteiger partial charge is 0.229 e. The number of anilines is 1. The first kappa shape index (κ1) is 10.9. The Morgan fingerprint density at radius 1 is 1.28 bits per heavy atom. The van der Waals surface area contributed by atoms with Gasteiger partial charge in [-0.1, -0.05) is 17.3 Å². The summed E-state index contributed by atoms with van der Waals surface area (Å²) in [5.74, 6) is 0.358. The third kappa shape index (κ3) is 1.35. The molecule has 4 heteroatoms. The molecule has 2 heterocycles. The standard InChI is InChI=1S/C14H15N3O/c1-8-9(2)17(3)13-6-10(4-5-11(8)13)12-7-16-18-14(12)15/h4-7H,15H2,1-3H3. The van der Waals surface area contributed by atoms with E-state index in [0.29, 0.717) is 5.88 Å². The molecule has 0 aliphatic rings. The Kier molecular flexibility index (Phi) is 2.20. The van der Waals surface area contributed by atoms with Crippen LogP contribution in [0.3, 0.4) is 0 Å². The number of nitrogens with zero attached hydrogens (tertiary/aromatic N) is 2. The Morgan fingerprint density at radius 3 is 2.72 bits per heavy atom. The number of rotatable bonds is 1. The molecular formula is C14H15N3O. The van der Waals surface area contributed by atoms with Gasteiger partial charge in [0.25, 0.3) is 0 Å². The zero-order valence-electron chi connectivity index (χ0n) is 10.7. The van der Waals surface area contributed by atoms with Crippen LogP contribution in [0.2, 0.25) is 0 Å². The van der Waals surface area contributed by atoms with Crippen LogP contribution >= 0.6 is 0 Å². The molecule has 0 saturated heterocycles. The second-order valence-electron chi connectivity index (χ2n) is 4.61. The van der Waals surface area contributed by atoms with Gasteiger partial charge >= 0.3 is 0 Å². The van der Waals surface area contributed by atoms with E-state index < -0.39 is 0 Å². The van der Waals surface area contributed by atoms with Gasteiger partial charge in [-0.3, -0.25) is 0 Å². The molecule has 0 aliphatic carbocycles. The summed E-state index contributed by atoms with van der Waals surface area (Å²) in [6, 6.07) is 6.30. The van der Waals surface area contributed by atoms with Gasteiger partial charge in [0.1, 0.15) is 0 Å². The van der Waals surface area contributed by atoms with Gasteiger partial charge in [-0.25, -0.2) is 0 Å². The summed E-state index contributed by atoms with van der Waals surface area (Å²) < 4.78 is 7.10. The molecule has 3 rings (SSSR count). The van der Waals surface area contributed by atoms with Crippen LogP contribution in [-0.4, -0.2) is 9.72 Å². The van der Waals surface area contributed by atoms with Crippen LogP contribution in [0.5, 0.6) is 0 Å². The summed E-state index contributed by atoms with van der Waals surface area (Å²) in [6.45, 7) is 4.27. The number of nitrogens with two attached hydrogens (primary N) is 1. The van der Waals surface area contributed by atoms with Crippen molar-refractivity contribution in [2.45, 2.75) is 13.8 Å². The maximum atomic E-state index is 5.75. The summed E-state index contributed by atoms with van der Waals surface area (Å²) in [5, 5.41) is 4.99. The lowest BCUT2D eigenvalue weighted by atomic mass is 10.1. The molecule has 0 spiro atoms. The van der Waals surface area contributed by atoms with Crippen molar-refractivity contribution in [1.82, 2.24) is 9.72 Å². The average molecular weight is 241 g/mol. The van der Waals surface area contributed by atoms with E-state index in [2.05, 4.69) is 48.8 Å². The zero-order chi connectivity index (χ0) is 12.9. The Balaban J connectivity index is 2.29. The van der Waals surface area contributed by atoms with Crippen LogP contribution < -0.4 is 5.73 Å². The van der Waals surface area contributed by atoms with Crippen LogP contribution in [0, 0.1) is 13.8 Å². The van der Waals surface area contributed by atoms with Crippen molar-refractivity contribution in [3.05, 3.63) is 35.7 Å². The van der Waals surface area contributed by atoms with E-state index in [1.165, 1.54) is 22.2 Å². The maximum absolute atomic E-state index is 5.75. The number of benzene rings is 1. The second kappa shape index (κ2) is 3.63. The monoisotopic (exact) mass is 241 g/mol. The van der Waals surface area contributed by atoms with Crippen LogP contribution in [0.25, 0.3) is 22.0 Å². The normalized spacial score (nSPS) is 11.3. The van der Waals surface area contributed by atoms with Crippen molar-refractivity contribution < 1.29 is 4.52 Å². The number of aromatic nitrogens is 2. The van der Waals surface area contributed by atoms with Gasteiger partial charge in [0.2, 0.25) is 5.88 Å². The molecule has 0 amide bonds. The quantitative estimate of drug-likeness (QED) is 0.712. The van der Waals surface area contributed by atoms with Gasteiger partial charge < -0.3 is 14.8 Å². The van der Waals surface area contributed by atoms with Gasteiger partial charge in [0.05, 0.1) is 11.8 Å². The highest BCUT2D eigenvalue weighted by Gasteiger charge is 2.12. The minimum Gasteiger partial charge on any atom is -0.367 e. The summed E-state index contributed by atoms with van der Waals surface area (Å²) in [6.07, 6.45) is 1.65. The molecule has 0 bridgehead atoms. The van der Waals surface area contributed by atoms with Crippen molar-refractivity contribution in [3.8, 4) is 11.1 Å². The van der Waals surface area contributed by atoms with E-state index in [-0.39, 0.29) is 0 Å². The number of nitrogen functional groups attached to an aromatic ring is 1. The molecule has 0 atom stereocenters. The molecule has 0 fully saturated rings. The fourth-order valence-corrected chi connectivity index (χ4v) is 2.39. The summed E-state index contributed by atoms with van der Waals surface area (Å²) in [5.41, 5.74) is 11.4. The number of hydrogen-bond acceptors (Lipinski definition) is 3. The van der Waals surface area contributed by atoms with Gasteiger partial charge in [-0.2, -0.15) is 0 Å². The molecule has 18 heavy (non-hydrogen) atoms. The highest BCUT2D eigenvalue weighted by atomic mass is 16.5. The molecule has 0 radical (unpaired) electrons. The third-order valence-corrected chi connectivity index (χ3v) is 3.72. The molecule has 3 aromatic rings. The molecule has 0 unspecified atom stereocenters. The van der Waals surface area contributed by atoms with Crippen molar-refractivity contribution in [2.24, 2.45) is 7.05 Å². The van der Waals surface area contributed by atoms with Gasteiger partial charge in [0, 0.05) is 23.6 Å². The number of fused-ring (bicyclic) bond motifs is 1. The van der Waals surface area contributed by atoms with E-state index in [1.807, 2.05) is 0 Å². The molecule has 2 N–H and O–H groups in total. The summed E-state index contributed by atoms with van der Waals surface area (Å²) in [4.78, 5) is 0. The van der Waals surface area contributed by atoms with E-state index in [4.69, 9.17) is 10.3 Å². The van der Waals surface area contributed by atoms with Crippen molar-refractivity contribution in [2.75, 3.05) is 5.73 Å². The zero-order valence-corrected chi connectivity index (χ0v) is 10.7. The van der Waals surface area contributed by atoms with Crippen molar-refractivity contribution >= 4 is 16.8 Å². The largest absolute Gasteiger partial charge is 0.367 e. The van der Waals surface area contributed by atoms with E-state index >= 15 is 0 Å². The molecule has 2 aromatic heterocycles. The van der Waals surface area contributed by atoms with Crippen molar-refractivity contribution in [3.63, 3.8) is 0 Å². The lowest BCUT2D eigenvalue weighted by Gasteiger charge is -2.02. The Morgan fingerprint density at radius 2 is 2.06 bits per heavy atom. The van der Waals surface area contributed by atoms with Gasteiger partial charge in [0.15, 0.2) is 0 Å². The predicted octanol–water partition coefficient (Wildman–Crippen LogP) is 3.03. The molecule has 0 aliphatic heterocycles. The number of aryl methyl sites for hydroxylation is 2. The molecule has 92 valence electrons. The van der Waals surface area contributed by atoms with Gasteiger partial charge in [-0.05, 0) is 31.0 Å². The van der Waals surface area contributed by atoms with E-state index in [0.717, 1.165) is 11.1 Å². The van der Waals surface area contributed by atoms with E-state index in [9.17, 15) is 0 Å². The first-order chi connectivity index (χ1) is 8.59. The van der Waals surface area contributed by atoms with Gasteiger partial charge in [-0.15, -0.1) is 0 Å². The second-order valence-corrected chi connectivity index (χ2v) is 4.61. The highest BCUT2D eigenvalue weighted by Crippen LogP contribution is 2.31. The van der Waals surface area contributed by atoms with Crippen molar-refractivity contribution in [1.29, 1.82) is 0 Å². The predicted molar refractivity (Wildman–Crippen MR) is 72.3 cm³/mol. The maximum Gasteiger partial charge on any atom is 0.229 e. The molecule has 1 aromatic carbocycles. The summed E-state index contributed by atoms with van der Waals surface area (Å²) in [7, 11) is 2.07. The number of hydrogen-bond donors (Lipinski definition) is 1. The first-order valence-corrected chi connectivity index (χ1v) is 5.85. The minimum absolute atomic E-state index is 0.358. The molecular weight excluding hydrogens is 226 g/mol. The average Bonchev–Trinajstić information content (AvgIpc) is 2.89. The Bertz CT molecular complexity index is 737.